The van der Waals surface area contributed by atoms with E-state index in [0.717, 1.165) is 42.8 Å². The van der Waals surface area contributed by atoms with Crippen LogP contribution in [-0.2, 0) is 0 Å². The number of nitrogens with zero attached hydrogens (tertiary/aromatic N) is 4. The van der Waals surface area contributed by atoms with Gasteiger partial charge in [0.15, 0.2) is 0 Å². The molecule has 2 atom stereocenters. The van der Waals surface area contributed by atoms with Crippen molar-refractivity contribution in [1.29, 1.82) is 0 Å². The maximum absolute atomic E-state index is 14.9. The molecule has 3 aliphatic heterocycles. The van der Waals surface area contributed by atoms with Gasteiger partial charge in [-0.3, -0.25) is 9.79 Å². The van der Waals surface area contributed by atoms with E-state index in [9.17, 15) is 18.7 Å². The number of carbonyl (C=O) groups excluding carboxylic acids is 1. The second kappa shape index (κ2) is 9.40. The summed E-state index contributed by atoms with van der Waals surface area (Å²) in [5.41, 5.74) is 0.769. The second-order valence-electron chi connectivity index (χ2n) is 8.79. The van der Waals surface area contributed by atoms with Crippen molar-refractivity contribution in [2.75, 3.05) is 31.1 Å². The lowest BCUT2D eigenvalue weighted by Crippen LogP contribution is -2.42. The summed E-state index contributed by atoms with van der Waals surface area (Å²) in [6.07, 6.45) is 7.90. The minimum Gasteiger partial charge on any atom is -0.374 e. The Morgan fingerprint density at radius 3 is 2.50 bits per heavy atom. The van der Waals surface area contributed by atoms with Gasteiger partial charge in [-0.15, -0.1) is 0 Å². The highest BCUT2D eigenvalue weighted by Crippen LogP contribution is 2.28. The molecule has 1 fully saturated rings. The van der Waals surface area contributed by atoms with E-state index in [1.165, 1.54) is 4.90 Å². The van der Waals surface area contributed by atoms with E-state index in [-0.39, 0.29) is 5.69 Å². The van der Waals surface area contributed by atoms with Crippen molar-refractivity contribution in [1.82, 2.24) is 9.80 Å². The molecule has 32 heavy (non-hydrogen) atoms. The van der Waals surface area contributed by atoms with Crippen LogP contribution in [0.1, 0.15) is 49.9 Å². The van der Waals surface area contributed by atoms with E-state index >= 15 is 0 Å². The number of anilines is 1. The molecule has 3 aliphatic rings. The topological polar surface area (TPSA) is 59.4 Å². The maximum Gasteiger partial charge on any atom is 0.263 e. The molecule has 2 unspecified atom stereocenters. The van der Waals surface area contributed by atoms with Gasteiger partial charge in [-0.1, -0.05) is 19.4 Å². The lowest BCUT2D eigenvalue weighted by Gasteiger charge is -2.33. The van der Waals surface area contributed by atoms with Crippen molar-refractivity contribution in [2.24, 2.45) is 10.9 Å². The first-order chi connectivity index (χ1) is 15.3. The summed E-state index contributed by atoms with van der Waals surface area (Å²) in [7, 11) is 0. The molecule has 1 saturated heterocycles. The molecular formula is C24H30F2N4O2. The largest absolute Gasteiger partial charge is 0.374 e. The zero-order valence-electron chi connectivity index (χ0n) is 18.6. The van der Waals surface area contributed by atoms with Crippen LogP contribution in [0.3, 0.4) is 0 Å². The van der Waals surface area contributed by atoms with Crippen molar-refractivity contribution in [3.63, 3.8) is 0 Å². The standard InChI is InChI=1S/C24H30F2N4O2/c1-16-12-17(2)23(27-15-16)28-8-10-29(11-9-28)24(32)22-19(25)13-18(14-20(22)26)30-7-5-3-4-6-21(30)31/h8,10,12-14,16,21,31H,3-7,9,11,15H2,1-2H3. The van der Waals surface area contributed by atoms with Crippen LogP contribution >= 0.6 is 0 Å². The van der Waals surface area contributed by atoms with Gasteiger partial charge >= 0.3 is 0 Å². The Labute approximate surface area is 187 Å². The average Bonchev–Trinajstić information content (AvgIpc) is 2.97. The fourth-order valence-electron chi connectivity index (χ4n) is 4.56. The van der Waals surface area contributed by atoms with Crippen LogP contribution in [0.25, 0.3) is 0 Å². The number of carbonyl (C=O) groups is 1. The smallest absolute Gasteiger partial charge is 0.263 e. The Bertz CT molecular complexity index is 952. The molecule has 4 rings (SSSR count). The summed E-state index contributed by atoms with van der Waals surface area (Å²) < 4.78 is 29.8. The van der Waals surface area contributed by atoms with Crippen LogP contribution in [0.15, 0.2) is 41.2 Å². The molecule has 1 amide bonds. The number of amidine groups is 1. The fraction of sp³-hybridized carbons (Fsp3) is 0.500. The Kier molecular flexibility index (Phi) is 6.60. The number of benzene rings is 1. The van der Waals surface area contributed by atoms with Crippen molar-refractivity contribution in [2.45, 2.75) is 45.8 Å². The quantitative estimate of drug-likeness (QED) is 0.752. The van der Waals surface area contributed by atoms with Gasteiger partial charge in [-0.2, -0.15) is 0 Å². The third kappa shape index (κ3) is 4.55. The van der Waals surface area contributed by atoms with Gasteiger partial charge in [0.25, 0.3) is 5.91 Å². The molecule has 0 aliphatic carbocycles. The number of rotatable bonds is 2. The predicted octanol–water partition coefficient (Wildman–Crippen LogP) is 3.89. The number of halogens is 2. The summed E-state index contributed by atoms with van der Waals surface area (Å²) in [6, 6.07) is 2.30. The minimum absolute atomic E-state index is 0.262. The Balaban J connectivity index is 1.51. The molecule has 6 nitrogen and oxygen atoms in total. The van der Waals surface area contributed by atoms with E-state index < -0.39 is 29.3 Å². The molecule has 1 N–H and O–H groups in total. The lowest BCUT2D eigenvalue weighted by molar-refractivity contribution is 0.0798. The molecule has 0 saturated carbocycles. The van der Waals surface area contributed by atoms with Crippen molar-refractivity contribution < 1.29 is 18.7 Å². The molecule has 0 aromatic heterocycles. The number of dihydropyridines is 1. The summed E-state index contributed by atoms with van der Waals surface area (Å²) >= 11 is 0. The van der Waals surface area contributed by atoms with E-state index in [1.807, 2.05) is 11.8 Å². The van der Waals surface area contributed by atoms with Crippen molar-refractivity contribution in [3.05, 3.63) is 53.4 Å². The Morgan fingerprint density at radius 1 is 1.09 bits per heavy atom. The van der Waals surface area contributed by atoms with Crippen LogP contribution in [0.2, 0.25) is 0 Å². The monoisotopic (exact) mass is 444 g/mol. The number of hydrogen-bond donors (Lipinski definition) is 1. The summed E-state index contributed by atoms with van der Waals surface area (Å²) in [5.74, 6) is -1.28. The van der Waals surface area contributed by atoms with Crippen molar-refractivity contribution >= 4 is 17.4 Å². The van der Waals surface area contributed by atoms with E-state index in [1.54, 1.807) is 17.3 Å². The fourth-order valence-corrected chi connectivity index (χ4v) is 4.56. The molecule has 172 valence electrons. The van der Waals surface area contributed by atoms with Crippen LogP contribution in [0, 0.1) is 17.6 Å². The highest BCUT2D eigenvalue weighted by molar-refractivity contribution is 6.00. The minimum atomic E-state index is -0.915. The maximum atomic E-state index is 14.9. The van der Waals surface area contributed by atoms with E-state index in [0.29, 0.717) is 38.5 Å². The Hall–Kier alpha value is -2.74. The van der Waals surface area contributed by atoms with Crippen LogP contribution in [-0.4, -0.2) is 59.1 Å². The molecule has 0 radical (unpaired) electrons. The summed E-state index contributed by atoms with van der Waals surface area (Å²) in [6.45, 7) is 6.14. The third-order valence-corrected chi connectivity index (χ3v) is 6.25. The number of hydrogen-bond acceptors (Lipinski definition) is 5. The molecule has 1 aromatic carbocycles. The first-order valence-electron chi connectivity index (χ1n) is 11.3. The third-order valence-electron chi connectivity index (χ3n) is 6.25. The Morgan fingerprint density at radius 2 is 1.84 bits per heavy atom. The van der Waals surface area contributed by atoms with E-state index in [2.05, 4.69) is 18.0 Å². The van der Waals surface area contributed by atoms with E-state index in [4.69, 9.17) is 0 Å². The van der Waals surface area contributed by atoms with Gasteiger partial charge in [0.05, 0.1) is 0 Å². The van der Waals surface area contributed by atoms with Crippen LogP contribution in [0.5, 0.6) is 0 Å². The van der Waals surface area contributed by atoms with Gasteiger partial charge < -0.3 is 19.8 Å². The lowest BCUT2D eigenvalue weighted by atomic mass is 10.0. The molecule has 0 bridgehead atoms. The number of aliphatic imine (C=N–C) groups is 1. The highest BCUT2D eigenvalue weighted by Gasteiger charge is 2.28. The summed E-state index contributed by atoms with van der Waals surface area (Å²) in [5, 5.41) is 10.3. The highest BCUT2D eigenvalue weighted by atomic mass is 19.1. The number of amides is 1. The molecular weight excluding hydrogens is 414 g/mol. The first kappa shape index (κ1) is 22.5. The summed E-state index contributed by atoms with van der Waals surface area (Å²) in [4.78, 5) is 22.4. The molecule has 0 spiro atoms. The predicted molar refractivity (Wildman–Crippen MR) is 120 cm³/mol. The van der Waals surface area contributed by atoms with Gasteiger partial charge in [0, 0.05) is 44.3 Å². The van der Waals surface area contributed by atoms with Gasteiger partial charge in [-0.25, -0.2) is 8.78 Å². The average molecular weight is 445 g/mol. The van der Waals surface area contributed by atoms with Crippen LogP contribution in [0.4, 0.5) is 14.5 Å². The molecule has 1 aromatic rings. The molecule has 8 heteroatoms. The van der Waals surface area contributed by atoms with Crippen LogP contribution < -0.4 is 4.90 Å². The zero-order chi connectivity index (χ0) is 22.8. The SMILES string of the molecule is CC1=CC(C)CN=C1N1C=CN(C(=O)c2c(F)cc(N3CCCCCC3O)cc2F)CC1. The zero-order valence-corrected chi connectivity index (χ0v) is 18.6. The normalized spacial score (nSPS) is 24.2. The van der Waals surface area contributed by atoms with Gasteiger partial charge in [0.2, 0.25) is 0 Å². The van der Waals surface area contributed by atoms with Gasteiger partial charge in [-0.05, 0) is 49.8 Å². The van der Waals surface area contributed by atoms with Crippen molar-refractivity contribution in [3.8, 4) is 0 Å². The number of aliphatic hydroxyl groups is 1. The number of aliphatic hydroxyl groups excluding tert-OH is 1. The molecule has 3 heterocycles. The first-order valence-corrected chi connectivity index (χ1v) is 11.3. The second-order valence-corrected chi connectivity index (χ2v) is 8.79. The van der Waals surface area contributed by atoms with Gasteiger partial charge in [0.1, 0.15) is 29.3 Å².